The van der Waals surface area contributed by atoms with Crippen molar-refractivity contribution >= 4 is 12.4 Å². The second-order valence-corrected chi connectivity index (χ2v) is 4.40. The Morgan fingerprint density at radius 3 is 2.50 bits per heavy atom. The van der Waals surface area contributed by atoms with Gasteiger partial charge in [-0.25, -0.2) is 0 Å². The summed E-state index contributed by atoms with van der Waals surface area (Å²) in [4.78, 5) is 0. The van der Waals surface area contributed by atoms with Crippen LogP contribution < -0.4 is 5.32 Å². The van der Waals surface area contributed by atoms with Crippen LogP contribution in [0.1, 0.15) is 37.8 Å². The fourth-order valence-electron chi connectivity index (χ4n) is 2.29. The van der Waals surface area contributed by atoms with Gasteiger partial charge in [0, 0.05) is 12.1 Å². The van der Waals surface area contributed by atoms with Crippen LogP contribution >= 0.6 is 12.4 Å². The van der Waals surface area contributed by atoms with Gasteiger partial charge in [-0.05, 0) is 31.7 Å². The highest BCUT2D eigenvalue weighted by Gasteiger charge is 2.26. The van der Waals surface area contributed by atoms with Gasteiger partial charge in [-0.15, -0.1) is 12.4 Å². The van der Waals surface area contributed by atoms with Gasteiger partial charge in [0.05, 0.1) is 6.10 Å². The van der Waals surface area contributed by atoms with Crippen molar-refractivity contribution in [2.24, 2.45) is 0 Å². The number of hydrogen-bond donors (Lipinski definition) is 2. The van der Waals surface area contributed by atoms with Crippen LogP contribution in [0.4, 0.5) is 0 Å². The molecule has 0 aromatic heterocycles. The molecule has 1 aliphatic rings. The molecule has 2 nitrogen and oxygen atoms in total. The monoisotopic (exact) mass is 241 g/mol. The van der Waals surface area contributed by atoms with Crippen molar-refractivity contribution in [3.05, 3.63) is 35.9 Å². The van der Waals surface area contributed by atoms with Crippen molar-refractivity contribution in [3.63, 3.8) is 0 Å². The van der Waals surface area contributed by atoms with Gasteiger partial charge < -0.3 is 10.4 Å². The summed E-state index contributed by atoms with van der Waals surface area (Å²) in [5.41, 5.74) is 1.29. The molecule has 0 bridgehead atoms. The first-order chi connectivity index (χ1) is 7.27. The van der Waals surface area contributed by atoms with Crippen LogP contribution in [0.25, 0.3) is 0 Å². The molecular weight excluding hydrogens is 222 g/mol. The highest BCUT2D eigenvalue weighted by Crippen LogP contribution is 2.22. The molecular formula is C13H20ClNO. The summed E-state index contributed by atoms with van der Waals surface area (Å²) < 4.78 is 0. The lowest BCUT2D eigenvalue weighted by Gasteiger charge is -2.22. The van der Waals surface area contributed by atoms with Crippen LogP contribution in [0, 0.1) is 0 Å². The number of halogens is 1. The molecule has 0 radical (unpaired) electrons. The Bertz CT molecular complexity index is 304. The molecule has 2 rings (SSSR count). The maximum Gasteiger partial charge on any atom is 0.0693 e. The van der Waals surface area contributed by atoms with Gasteiger partial charge in [0.1, 0.15) is 0 Å². The van der Waals surface area contributed by atoms with Crippen LogP contribution in [0.3, 0.4) is 0 Å². The second-order valence-electron chi connectivity index (χ2n) is 4.40. The largest absolute Gasteiger partial charge is 0.392 e. The van der Waals surface area contributed by atoms with Crippen molar-refractivity contribution in [1.82, 2.24) is 5.32 Å². The first kappa shape index (κ1) is 13.5. The Kier molecular flexibility index (Phi) is 5.26. The molecule has 2 N–H and O–H groups in total. The fourth-order valence-corrected chi connectivity index (χ4v) is 2.29. The van der Waals surface area contributed by atoms with Gasteiger partial charge in [0.25, 0.3) is 0 Å². The Labute approximate surface area is 103 Å². The quantitative estimate of drug-likeness (QED) is 0.853. The van der Waals surface area contributed by atoms with Gasteiger partial charge >= 0.3 is 0 Å². The van der Waals surface area contributed by atoms with Crippen LogP contribution in [-0.4, -0.2) is 17.3 Å². The predicted molar refractivity (Wildman–Crippen MR) is 68.9 cm³/mol. The van der Waals surface area contributed by atoms with E-state index in [1.165, 1.54) is 5.56 Å². The molecule has 1 aromatic rings. The van der Waals surface area contributed by atoms with E-state index in [-0.39, 0.29) is 24.6 Å². The zero-order chi connectivity index (χ0) is 10.7. The molecule has 1 aromatic carbocycles. The maximum atomic E-state index is 9.72. The highest BCUT2D eigenvalue weighted by atomic mass is 35.5. The zero-order valence-corrected chi connectivity index (χ0v) is 10.4. The number of hydrogen-bond acceptors (Lipinski definition) is 2. The van der Waals surface area contributed by atoms with Crippen molar-refractivity contribution in [1.29, 1.82) is 0 Å². The highest BCUT2D eigenvalue weighted by molar-refractivity contribution is 5.85. The molecule has 3 heteroatoms. The molecule has 0 spiro atoms. The lowest BCUT2D eigenvalue weighted by Crippen LogP contribution is -2.37. The first-order valence-electron chi connectivity index (χ1n) is 5.76. The molecule has 16 heavy (non-hydrogen) atoms. The number of nitrogens with one attached hydrogen (secondary N) is 1. The molecule has 0 aliphatic heterocycles. The van der Waals surface area contributed by atoms with Crippen LogP contribution in [0.2, 0.25) is 0 Å². The topological polar surface area (TPSA) is 32.3 Å². The van der Waals surface area contributed by atoms with E-state index in [2.05, 4.69) is 36.5 Å². The average molecular weight is 242 g/mol. The SMILES string of the molecule is C[C@@H](NC1CCC[C@@H]1O)c1ccccc1.Cl. The van der Waals surface area contributed by atoms with Gasteiger partial charge in [-0.2, -0.15) is 0 Å². The van der Waals surface area contributed by atoms with Crippen molar-refractivity contribution < 1.29 is 5.11 Å². The molecule has 1 unspecified atom stereocenters. The third-order valence-electron chi connectivity index (χ3n) is 3.24. The summed E-state index contributed by atoms with van der Waals surface area (Å²) in [6.07, 6.45) is 3.02. The van der Waals surface area contributed by atoms with E-state index in [1.807, 2.05) is 6.07 Å². The molecule has 3 atom stereocenters. The van der Waals surface area contributed by atoms with E-state index >= 15 is 0 Å². The molecule has 90 valence electrons. The number of aliphatic hydroxyl groups is 1. The van der Waals surface area contributed by atoms with Crippen LogP contribution in [-0.2, 0) is 0 Å². The third kappa shape index (κ3) is 3.21. The van der Waals surface area contributed by atoms with E-state index in [9.17, 15) is 5.11 Å². The fraction of sp³-hybridized carbons (Fsp3) is 0.538. The van der Waals surface area contributed by atoms with E-state index in [0.717, 1.165) is 19.3 Å². The average Bonchev–Trinajstić information content (AvgIpc) is 2.66. The Hall–Kier alpha value is -0.570. The smallest absolute Gasteiger partial charge is 0.0693 e. The van der Waals surface area contributed by atoms with Gasteiger partial charge in [-0.1, -0.05) is 30.3 Å². The van der Waals surface area contributed by atoms with E-state index < -0.39 is 0 Å². The molecule has 0 heterocycles. The Balaban J connectivity index is 0.00000128. The lowest BCUT2D eigenvalue weighted by atomic mass is 10.1. The summed E-state index contributed by atoms with van der Waals surface area (Å²) in [5, 5.41) is 13.2. The Morgan fingerprint density at radius 1 is 1.25 bits per heavy atom. The summed E-state index contributed by atoms with van der Waals surface area (Å²) in [6, 6.07) is 11.0. The van der Waals surface area contributed by atoms with Gasteiger partial charge in [-0.3, -0.25) is 0 Å². The minimum atomic E-state index is -0.156. The van der Waals surface area contributed by atoms with Crippen LogP contribution in [0.15, 0.2) is 30.3 Å². The third-order valence-corrected chi connectivity index (χ3v) is 3.24. The number of aliphatic hydroxyl groups excluding tert-OH is 1. The van der Waals surface area contributed by atoms with Crippen molar-refractivity contribution in [3.8, 4) is 0 Å². The normalized spacial score (nSPS) is 26.1. The van der Waals surface area contributed by atoms with Crippen molar-refractivity contribution in [2.45, 2.75) is 44.4 Å². The molecule has 0 amide bonds. The maximum absolute atomic E-state index is 9.72. The minimum absolute atomic E-state index is 0. The lowest BCUT2D eigenvalue weighted by molar-refractivity contribution is 0.144. The summed E-state index contributed by atoms with van der Waals surface area (Å²) in [7, 11) is 0. The van der Waals surface area contributed by atoms with Gasteiger partial charge in [0.15, 0.2) is 0 Å². The standard InChI is InChI=1S/C13H19NO.ClH/c1-10(11-6-3-2-4-7-11)14-12-8-5-9-13(12)15;/h2-4,6-7,10,12-15H,5,8-9H2,1H3;1H/t10-,12?,13+;/m1./s1. The van der Waals surface area contributed by atoms with Gasteiger partial charge in [0.2, 0.25) is 0 Å². The molecule has 1 aliphatic carbocycles. The summed E-state index contributed by atoms with van der Waals surface area (Å²) in [6.45, 7) is 2.15. The summed E-state index contributed by atoms with van der Waals surface area (Å²) >= 11 is 0. The van der Waals surface area contributed by atoms with E-state index in [0.29, 0.717) is 6.04 Å². The van der Waals surface area contributed by atoms with Crippen LogP contribution in [0.5, 0.6) is 0 Å². The first-order valence-corrected chi connectivity index (χ1v) is 5.76. The second kappa shape index (κ2) is 6.24. The number of benzene rings is 1. The molecule has 0 saturated heterocycles. The molecule has 1 fully saturated rings. The summed E-state index contributed by atoms with van der Waals surface area (Å²) in [5.74, 6) is 0. The minimum Gasteiger partial charge on any atom is -0.392 e. The zero-order valence-electron chi connectivity index (χ0n) is 9.60. The Morgan fingerprint density at radius 2 is 1.94 bits per heavy atom. The van der Waals surface area contributed by atoms with E-state index in [1.54, 1.807) is 0 Å². The number of rotatable bonds is 3. The van der Waals surface area contributed by atoms with Crippen molar-refractivity contribution in [2.75, 3.05) is 0 Å². The predicted octanol–water partition coefficient (Wildman–Crippen LogP) is 2.67. The van der Waals surface area contributed by atoms with E-state index in [4.69, 9.17) is 0 Å². The molecule has 1 saturated carbocycles.